The molecule has 2 saturated carbocycles. The predicted molar refractivity (Wildman–Crippen MR) is 114 cm³/mol. The number of hydrogen-bond acceptors (Lipinski definition) is 5. The molecule has 2 saturated heterocycles. The summed E-state index contributed by atoms with van der Waals surface area (Å²) in [6.45, 7) is 4.11. The van der Waals surface area contributed by atoms with Crippen molar-refractivity contribution in [1.82, 2.24) is 4.90 Å². The molecule has 2 amide bonds. The molecule has 0 spiro atoms. The molecular formula is C25H33NO5. The Morgan fingerprint density at radius 3 is 2.35 bits per heavy atom. The smallest absolute Gasteiger partial charge is 0.233 e. The van der Waals surface area contributed by atoms with E-state index in [4.69, 9.17) is 4.74 Å². The first-order valence-corrected chi connectivity index (χ1v) is 11.9. The van der Waals surface area contributed by atoms with Crippen molar-refractivity contribution in [2.24, 2.45) is 29.6 Å². The van der Waals surface area contributed by atoms with Crippen molar-refractivity contribution in [3.05, 3.63) is 29.8 Å². The zero-order valence-corrected chi connectivity index (χ0v) is 18.4. The first-order chi connectivity index (χ1) is 14.8. The number of phenols is 1. The van der Waals surface area contributed by atoms with Crippen LogP contribution in [0, 0.1) is 29.6 Å². The largest absolute Gasteiger partial charge is 0.508 e. The lowest BCUT2D eigenvalue weighted by atomic mass is 9.62. The number of hydrogen-bond donors (Lipinski definition) is 2. The van der Waals surface area contributed by atoms with E-state index >= 15 is 0 Å². The van der Waals surface area contributed by atoms with Gasteiger partial charge in [-0.1, -0.05) is 45.2 Å². The number of rotatable bonds is 3. The Kier molecular flexibility index (Phi) is 5.13. The van der Waals surface area contributed by atoms with Crippen LogP contribution in [0.25, 0.3) is 0 Å². The zero-order chi connectivity index (χ0) is 21.9. The van der Waals surface area contributed by atoms with E-state index in [2.05, 4.69) is 13.8 Å². The molecule has 6 atom stereocenters. The summed E-state index contributed by atoms with van der Waals surface area (Å²) in [6, 6.07) is 6.85. The number of imide groups is 1. The highest BCUT2D eigenvalue weighted by molar-refractivity contribution is 6.05. The van der Waals surface area contributed by atoms with Gasteiger partial charge in [-0.2, -0.15) is 0 Å². The molecule has 0 unspecified atom stereocenters. The Morgan fingerprint density at radius 1 is 1.03 bits per heavy atom. The van der Waals surface area contributed by atoms with Crippen LogP contribution in [0.15, 0.2) is 24.3 Å². The molecule has 5 rings (SSSR count). The lowest BCUT2D eigenvalue weighted by Crippen LogP contribution is -2.55. The van der Waals surface area contributed by atoms with E-state index in [-0.39, 0.29) is 47.5 Å². The normalized spacial score (nSPS) is 38.6. The number of phenolic OH excluding ortho intramolecular Hbond substituents is 1. The molecule has 6 nitrogen and oxygen atoms in total. The van der Waals surface area contributed by atoms with Crippen molar-refractivity contribution in [1.29, 1.82) is 0 Å². The molecule has 0 radical (unpaired) electrons. The molecule has 0 bridgehead atoms. The molecule has 168 valence electrons. The molecule has 2 N–H and O–H groups in total. The third-order valence-electron chi connectivity index (χ3n) is 8.32. The molecule has 4 aliphatic rings. The monoisotopic (exact) mass is 427 g/mol. The average molecular weight is 428 g/mol. The van der Waals surface area contributed by atoms with Crippen LogP contribution in [0.3, 0.4) is 0 Å². The maximum Gasteiger partial charge on any atom is 0.233 e. The van der Waals surface area contributed by atoms with E-state index in [9.17, 15) is 19.8 Å². The Morgan fingerprint density at radius 2 is 1.71 bits per heavy atom. The van der Waals surface area contributed by atoms with Crippen LogP contribution >= 0.6 is 0 Å². The summed E-state index contributed by atoms with van der Waals surface area (Å²) in [5.41, 5.74) is 0.876. The molecule has 0 aromatic heterocycles. The lowest BCUT2D eigenvalue weighted by molar-refractivity contribution is -0.276. The van der Waals surface area contributed by atoms with E-state index < -0.39 is 17.6 Å². The van der Waals surface area contributed by atoms with Gasteiger partial charge in [-0.3, -0.25) is 14.5 Å². The minimum Gasteiger partial charge on any atom is -0.508 e. The van der Waals surface area contributed by atoms with Gasteiger partial charge in [0.15, 0.2) is 5.79 Å². The van der Waals surface area contributed by atoms with Gasteiger partial charge in [-0.25, -0.2) is 0 Å². The number of likely N-dealkylation sites (tertiary alicyclic amines) is 1. The van der Waals surface area contributed by atoms with Gasteiger partial charge in [0.2, 0.25) is 11.8 Å². The number of amides is 2. The fourth-order valence-corrected chi connectivity index (χ4v) is 6.79. The third-order valence-corrected chi connectivity index (χ3v) is 8.32. The number of ether oxygens (including phenoxy) is 1. The number of carbonyl (C=O) groups excluding carboxylic acids is 2. The second-order valence-corrected chi connectivity index (χ2v) is 10.3. The van der Waals surface area contributed by atoms with E-state index in [1.807, 2.05) is 0 Å². The van der Waals surface area contributed by atoms with Gasteiger partial charge in [0.05, 0.1) is 17.9 Å². The van der Waals surface area contributed by atoms with Gasteiger partial charge in [-0.05, 0) is 49.3 Å². The Bertz CT molecular complexity index is 861. The Hall–Kier alpha value is -1.92. The van der Waals surface area contributed by atoms with Gasteiger partial charge < -0.3 is 14.9 Å². The number of nitrogens with zero attached hydrogens (tertiary/aromatic N) is 1. The zero-order valence-electron chi connectivity index (χ0n) is 18.4. The van der Waals surface area contributed by atoms with Gasteiger partial charge in [0.25, 0.3) is 0 Å². The summed E-state index contributed by atoms with van der Waals surface area (Å²) in [6.07, 6.45) is 5.71. The van der Waals surface area contributed by atoms with Gasteiger partial charge in [0.1, 0.15) is 5.75 Å². The van der Waals surface area contributed by atoms with Crippen LogP contribution in [0.4, 0.5) is 0 Å². The maximum absolute atomic E-state index is 13.6. The van der Waals surface area contributed by atoms with E-state index in [0.717, 1.165) is 31.2 Å². The topological polar surface area (TPSA) is 87.1 Å². The fourth-order valence-electron chi connectivity index (χ4n) is 6.79. The van der Waals surface area contributed by atoms with Gasteiger partial charge >= 0.3 is 0 Å². The minimum absolute atomic E-state index is 0.0140. The highest BCUT2D eigenvalue weighted by atomic mass is 16.6. The Balaban J connectivity index is 1.49. The van der Waals surface area contributed by atoms with Crippen molar-refractivity contribution < 1.29 is 24.5 Å². The first-order valence-electron chi connectivity index (χ1n) is 11.9. The SMILES string of the molecule is CC(C)[C@H]1C[C@@H]2C(=O)N(C3CCCCC3)C(=O)[C@@H]2[C@@H]2C[C@@H](c3ccc(O)cc3)O[C@]12O. The number of aromatic hydroxyl groups is 1. The first kappa shape index (κ1) is 21.0. The molecule has 31 heavy (non-hydrogen) atoms. The minimum atomic E-state index is -1.42. The highest BCUT2D eigenvalue weighted by Gasteiger charge is 2.67. The fraction of sp³-hybridized carbons (Fsp3) is 0.680. The quantitative estimate of drug-likeness (QED) is 0.717. The summed E-state index contributed by atoms with van der Waals surface area (Å²) in [7, 11) is 0. The van der Waals surface area contributed by atoms with Gasteiger partial charge in [0, 0.05) is 17.9 Å². The highest BCUT2D eigenvalue weighted by Crippen LogP contribution is 2.60. The molecule has 1 aromatic carbocycles. The molecule has 1 aromatic rings. The number of aliphatic hydroxyl groups is 1. The molecule has 4 fully saturated rings. The summed E-state index contributed by atoms with van der Waals surface area (Å²) in [4.78, 5) is 28.6. The second-order valence-electron chi connectivity index (χ2n) is 10.3. The van der Waals surface area contributed by atoms with Crippen LogP contribution in [0.5, 0.6) is 5.75 Å². The van der Waals surface area contributed by atoms with Gasteiger partial charge in [-0.15, -0.1) is 0 Å². The van der Waals surface area contributed by atoms with Crippen molar-refractivity contribution in [3.8, 4) is 5.75 Å². The summed E-state index contributed by atoms with van der Waals surface area (Å²) in [5, 5.41) is 21.5. The summed E-state index contributed by atoms with van der Waals surface area (Å²) < 4.78 is 6.32. The maximum atomic E-state index is 13.6. The van der Waals surface area contributed by atoms with E-state index in [1.165, 1.54) is 6.42 Å². The van der Waals surface area contributed by atoms with Crippen LogP contribution in [-0.2, 0) is 14.3 Å². The standard InChI is InChI=1S/C25H33NO5/c1-14(2)19-12-18-22(24(29)26(23(18)28)16-6-4-3-5-7-16)20-13-21(31-25(19,20)30)15-8-10-17(27)11-9-15/h8-11,14,16,18-22,27,30H,3-7,12-13H2,1-2H3/t18-,19+,20-,21-,22-,25+/m0/s1. The summed E-state index contributed by atoms with van der Waals surface area (Å²) >= 11 is 0. The van der Waals surface area contributed by atoms with Crippen LogP contribution in [-0.4, -0.2) is 38.8 Å². The van der Waals surface area contributed by atoms with E-state index in [1.54, 1.807) is 29.2 Å². The average Bonchev–Trinajstić information content (AvgIpc) is 3.22. The molecule has 2 aliphatic heterocycles. The van der Waals surface area contributed by atoms with Crippen LogP contribution < -0.4 is 0 Å². The van der Waals surface area contributed by atoms with Crippen LogP contribution in [0.1, 0.15) is 70.5 Å². The van der Waals surface area contributed by atoms with Crippen molar-refractivity contribution in [3.63, 3.8) is 0 Å². The predicted octanol–water partition coefficient (Wildman–Crippen LogP) is 3.77. The second kappa shape index (κ2) is 7.59. The van der Waals surface area contributed by atoms with Crippen molar-refractivity contribution >= 4 is 11.8 Å². The number of carbonyl (C=O) groups is 2. The van der Waals surface area contributed by atoms with E-state index in [0.29, 0.717) is 12.8 Å². The molecule has 2 heterocycles. The molecule has 6 heteroatoms. The summed E-state index contributed by atoms with van der Waals surface area (Å²) in [5.74, 6) is -2.70. The molecule has 2 aliphatic carbocycles. The van der Waals surface area contributed by atoms with Crippen molar-refractivity contribution in [2.75, 3.05) is 0 Å². The third kappa shape index (κ3) is 3.21. The lowest BCUT2D eigenvalue weighted by Gasteiger charge is -2.46. The number of benzene rings is 1. The van der Waals surface area contributed by atoms with Crippen molar-refractivity contribution in [2.45, 2.75) is 76.7 Å². The Labute approximate surface area is 183 Å². The van der Waals surface area contributed by atoms with Crippen LogP contribution in [0.2, 0.25) is 0 Å². The number of fused-ring (bicyclic) bond motifs is 3. The molecular weight excluding hydrogens is 394 g/mol.